The van der Waals surface area contributed by atoms with Crippen LogP contribution in [0, 0.1) is 14.9 Å². The predicted molar refractivity (Wildman–Crippen MR) is 156 cm³/mol. The van der Waals surface area contributed by atoms with Crippen molar-refractivity contribution in [2.45, 2.75) is 20.5 Å². The van der Waals surface area contributed by atoms with E-state index in [4.69, 9.17) is 9.47 Å². The van der Waals surface area contributed by atoms with Crippen molar-refractivity contribution >= 4 is 61.9 Å². The van der Waals surface area contributed by atoms with Gasteiger partial charge in [-0.25, -0.2) is 0 Å². The van der Waals surface area contributed by atoms with Gasteiger partial charge in [-0.05, 0) is 102 Å². The van der Waals surface area contributed by atoms with E-state index in [2.05, 4.69) is 62.6 Å². The Balaban J connectivity index is 1.76. The first kappa shape index (κ1) is 27.6. The molecule has 0 aliphatic carbocycles. The van der Waals surface area contributed by atoms with Crippen LogP contribution in [0.4, 0.5) is 11.4 Å². The first-order chi connectivity index (χ1) is 17.4. The zero-order valence-electron chi connectivity index (χ0n) is 20.3. The largest absolute Gasteiger partial charge is 0.493 e. The Morgan fingerprint density at radius 2 is 1.78 bits per heavy atom. The Bertz CT molecular complexity index is 1260. The number of carbonyl (C=O) groups excluding carboxylic acids is 1. The van der Waals surface area contributed by atoms with Crippen molar-refractivity contribution in [3.05, 3.63) is 85.4 Å². The summed E-state index contributed by atoms with van der Waals surface area (Å²) in [6.07, 6.45) is 1.54. The lowest BCUT2D eigenvalue weighted by Gasteiger charge is -2.21. The van der Waals surface area contributed by atoms with Crippen LogP contribution in [0.2, 0.25) is 0 Å². The third-order valence-electron chi connectivity index (χ3n) is 5.48. The molecule has 0 aromatic heterocycles. The molecule has 0 spiro atoms. The molecular weight excluding hydrogens is 633 g/mol. The van der Waals surface area contributed by atoms with E-state index in [-0.39, 0.29) is 5.57 Å². The molecule has 1 amide bonds. The molecule has 186 valence electrons. The molecule has 0 saturated heterocycles. The Hall–Kier alpha value is -3.03. The van der Waals surface area contributed by atoms with Crippen LogP contribution in [0.25, 0.3) is 6.08 Å². The molecule has 0 radical (unpaired) electrons. The lowest BCUT2D eigenvalue weighted by Crippen LogP contribution is -2.21. The van der Waals surface area contributed by atoms with Gasteiger partial charge in [-0.2, -0.15) is 5.26 Å². The lowest BCUT2D eigenvalue weighted by atomic mass is 10.1. The van der Waals surface area contributed by atoms with Gasteiger partial charge in [0.25, 0.3) is 5.91 Å². The van der Waals surface area contributed by atoms with E-state index in [9.17, 15) is 10.1 Å². The minimum Gasteiger partial charge on any atom is -0.493 e. The number of nitriles is 1. The standard InChI is InChI=1S/C28H27BrIN3O3/c1-4-33(5-2)24-12-10-23(11-13-24)32-28(34)21(17-31)14-20-15-25(30)27(26(16-20)35-3)36-18-19-6-8-22(29)9-7-19/h6-16H,4-5,18H2,1-3H3,(H,32,34)/b21-14-. The molecule has 3 aromatic carbocycles. The fourth-order valence-electron chi connectivity index (χ4n) is 3.56. The number of nitrogens with zero attached hydrogens (tertiary/aromatic N) is 2. The number of halogens is 2. The molecule has 0 heterocycles. The fraction of sp³-hybridized carbons (Fsp3) is 0.214. The van der Waals surface area contributed by atoms with E-state index in [0.717, 1.165) is 32.4 Å². The van der Waals surface area contributed by atoms with E-state index < -0.39 is 5.91 Å². The number of hydrogen-bond acceptors (Lipinski definition) is 5. The second kappa shape index (κ2) is 13.3. The Labute approximate surface area is 234 Å². The highest BCUT2D eigenvalue weighted by molar-refractivity contribution is 14.1. The van der Waals surface area contributed by atoms with Gasteiger partial charge in [0.2, 0.25) is 0 Å². The van der Waals surface area contributed by atoms with Crippen LogP contribution in [0.15, 0.2) is 70.7 Å². The number of benzene rings is 3. The highest BCUT2D eigenvalue weighted by atomic mass is 127. The molecule has 36 heavy (non-hydrogen) atoms. The van der Waals surface area contributed by atoms with Gasteiger partial charge in [-0.1, -0.05) is 28.1 Å². The highest BCUT2D eigenvalue weighted by Gasteiger charge is 2.15. The lowest BCUT2D eigenvalue weighted by molar-refractivity contribution is -0.112. The summed E-state index contributed by atoms with van der Waals surface area (Å²) < 4.78 is 13.4. The fourth-order valence-corrected chi connectivity index (χ4v) is 4.60. The van der Waals surface area contributed by atoms with Gasteiger partial charge >= 0.3 is 0 Å². The summed E-state index contributed by atoms with van der Waals surface area (Å²) in [4.78, 5) is 15.0. The molecule has 0 atom stereocenters. The minimum absolute atomic E-state index is 0.01000. The second-order valence-corrected chi connectivity index (χ2v) is 9.87. The molecule has 8 heteroatoms. The summed E-state index contributed by atoms with van der Waals surface area (Å²) in [6.45, 7) is 6.38. The van der Waals surface area contributed by atoms with E-state index in [1.807, 2.05) is 60.7 Å². The molecule has 0 saturated carbocycles. The van der Waals surface area contributed by atoms with Gasteiger partial charge in [-0.15, -0.1) is 0 Å². The average molecular weight is 660 g/mol. The van der Waals surface area contributed by atoms with Crippen LogP contribution in [0.1, 0.15) is 25.0 Å². The van der Waals surface area contributed by atoms with E-state index in [1.165, 1.54) is 0 Å². The van der Waals surface area contributed by atoms with Crippen LogP contribution < -0.4 is 19.7 Å². The molecule has 0 fully saturated rings. The quantitative estimate of drug-likeness (QED) is 0.144. The van der Waals surface area contributed by atoms with Crippen molar-refractivity contribution in [2.75, 3.05) is 30.4 Å². The summed E-state index contributed by atoms with van der Waals surface area (Å²) >= 11 is 5.59. The summed E-state index contributed by atoms with van der Waals surface area (Å²) in [5.41, 5.74) is 3.38. The second-order valence-electron chi connectivity index (χ2n) is 7.79. The van der Waals surface area contributed by atoms with Crippen molar-refractivity contribution in [1.29, 1.82) is 5.26 Å². The molecule has 0 aliphatic heterocycles. The van der Waals surface area contributed by atoms with Gasteiger partial charge < -0.3 is 19.7 Å². The molecule has 3 rings (SSSR count). The van der Waals surface area contributed by atoms with Gasteiger partial charge in [0, 0.05) is 28.9 Å². The van der Waals surface area contributed by atoms with Crippen molar-refractivity contribution in [3.63, 3.8) is 0 Å². The third-order valence-corrected chi connectivity index (χ3v) is 6.81. The first-order valence-corrected chi connectivity index (χ1v) is 13.3. The first-order valence-electron chi connectivity index (χ1n) is 11.4. The molecule has 0 aliphatic rings. The normalized spacial score (nSPS) is 10.9. The third kappa shape index (κ3) is 7.24. The SMILES string of the molecule is CCN(CC)c1ccc(NC(=O)/C(C#N)=C\c2cc(I)c(OCc3ccc(Br)cc3)c(OC)c2)cc1. The van der Waals surface area contributed by atoms with Crippen LogP contribution in [-0.4, -0.2) is 26.1 Å². The van der Waals surface area contributed by atoms with Gasteiger partial charge in [-0.3, -0.25) is 4.79 Å². The highest BCUT2D eigenvalue weighted by Crippen LogP contribution is 2.35. The predicted octanol–water partition coefficient (Wildman–Crippen LogP) is 7.03. The van der Waals surface area contributed by atoms with Crippen molar-refractivity contribution in [3.8, 4) is 17.6 Å². The van der Waals surface area contributed by atoms with E-state index >= 15 is 0 Å². The van der Waals surface area contributed by atoms with E-state index in [0.29, 0.717) is 29.4 Å². The van der Waals surface area contributed by atoms with Crippen LogP contribution in [0.3, 0.4) is 0 Å². The van der Waals surface area contributed by atoms with Gasteiger partial charge in [0.05, 0.1) is 10.7 Å². The average Bonchev–Trinajstić information content (AvgIpc) is 2.88. The summed E-state index contributed by atoms with van der Waals surface area (Å²) in [6, 6.07) is 21.1. The molecular formula is C28H27BrIN3O3. The van der Waals surface area contributed by atoms with Crippen molar-refractivity contribution in [1.82, 2.24) is 0 Å². The summed E-state index contributed by atoms with van der Waals surface area (Å²) in [5.74, 6) is 0.655. The molecule has 1 N–H and O–H groups in total. The molecule has 3 aromatic rings. The Morgan fingerprint density at radius 3 is 2.36 bits per heavy atom. The van der Waals surface area contributed by atoms with Crippen LogP contribution in [0.5, 0.6) is 11.5 Å². The maximum Gasteiger partial charge on any atom is 0.266 e. The summed E-state index contributed by atoms with van der Waals surface area (Å²) in [7, 11) is 1.56. The number of anilines is 2. The maximum atomic E-state index is 12.8. The molecule has 6 nitrogen and oxygen atoms in total. The Kier molecular flexibility index (Phi) is 10.2. The van der Waals surface area contributed by atoms with Crippen LogP contribution in [-0.2, 0) is 11.4 Å². The minimum atomic E-state index is -0.474. The topological polar surface area (TPSA) is 74.6 Å². The number of rotatable bonds is 10. The number of methoxy groups -OCH3 is 1. The number of ether oxygens (including phenoxy) is 2. The summed E-state index contributed by atoms with van der Waals surface area (Å²) in [5, 5.41) is 12.5. The molecule has 0 bridgehead atoms. The molecule has 0 unspecified atom stereocenters. The number of amides is 1. The van der Waals surface area contributed by atoms with Crippen molar-refractivity contribution in [2.24, 2.45) is 0 Å². The van der Waals surface area contributed by atoms with Crippen molar-refractivity contribution < 1.29 is 14.3 Å². The van der Waals surface area contributed by atoms with Gasteiger partial charge in [0.15, 0.2) is 11.5 Å². The van der Waals surface area contributed by atoms with Gasteiger partial charge in [0.1, 0.15) is 18.2 Å². The Morgan fingerprint density at radius 1 is 1.11 bits per heavy atom. The monoisotopic (exact) mass is 659 g/mol. The van der Waals surface area contributed by atoms with Crippen LogP contribution >= 0.6 is 38.5 Å². The number of nitrogens with one attached hydrogen (secondary N) is 1. The zero-order chi connectivity index (χ0) is 26.1. The number of carbonyl (C=O) groups is 1. The smallest absolute Gasteiger partial charge is 0.266 e. The zero-order valence-corrected chi connectivity index (χ0v) is 24.1. The maximum absolute atomic E-state index is 12.8. The number of hydrogen-bond donors (Lipinski definition) is 1. The van der Waals surface area contributed by atoms with E-state index in [1.54, 1.807) is 19.3 Å².